The van der Waals surface area contributed by atoms with E-state index < -0.39 is 17.9 Å². The third kappa shape index (κ3) is 2.45. The third-order valence-electron chi connectivity index (χ3n) is 3.77. The number of amides is 1. The molecule has 2 heterocycles. The van der Waals surface area contributed by atoms with Crippen molar-refractivity contribution in [3.63, 3.8) is 0 Å². The number of carbonyl (C=O) groups excluding carboxylic acids is 2. The number of carboxylic acids is 1. The second-order valence-corrected chi connectivity index (χ2v) is 6.17. The summed E-state index contributed by atoms with van der Waals surface area (Å²) >= 11 is 1.46. The minimum absolute atomic E-state index is 0.0151. The fourth-order valence-electron chi connectivity index (χ4n) is 2.74. The number of hydrogen-bond donors (Lipinski definition) is 0. The summed E-state index contributed by atoms with van der Waals surface area (Å²) < 4.78 is 0. The van der Waals surface area contributed by atoms with Gasteiger partial charge in [0.1, 0.15) is 0 Å². The van der Waals surface area contributed by atoms with Crippen LogP contribution in [0.3, 0.4) is 0 Å². The zero-order valence-electron chi connectivity index (χ0n) is 11.5. The molecule has 0 N–H and O–H groups in total. The highest BCUT2D eigenvalue weighted by Crippen LogP contribution is 2.42. The van der Waals surface area contributed by atoms with Gasteiger partial charge in [0.15, 0.2) is 0 Å². The summed E-state index contributed by atoms with van der Waals surface area (Å²) in [5, 5.41) is 13.3. The van der Waals surface area contributed by atoms with E-state index in [4.69, 9.17) is 0 Å². The molecular weight excluding hydrogens is 286 g/mol. The standard InChI is InChI=1S/C16H15NO3S/c1-10-4-6-11(7-5-10)17-14(18)9-12(16(19)20)15(17)13-3-2-8-21-13/h2-8,12,15H,9H2,1H3,(H,19,20)/p-1/t12-,15-/m0/s1. The topological polar surface area (TPSA) is 60.4 Å². The fraction of sp³-hybridized carbons (Fsp3) is 0.250. The first-order chi connectivity index (χ1) is 10.1. The number of carboxylic acid groups (broad SMARTS) is 1. The van der Waals surface area contributed by atoms with Crippen LogP contribution in [-0.4, -0.2) is 11.9 Å². The third-order valence-corrected chi connectivity index (χ3v) is 4.72. The summed E-state index contributed by atoms with van der Waals surface area (Å²) in [6.45, 7) is 1.97. The van der Waals surface area contributed by atoms with E-state index in [9.17, 15) is 14.7 Å². The van der Waals surface area contributed by atoms with Gasteiger partial charge in [-0.05, 0) is 30.5 Å². The lowest BCUT2D eigenvalue weighted by Crippen LogP contribution is -2.36. The van der Waals surface area contributed by atoms with Crippen molar-refractivity contribution in [3.8, 4) is 0 Å². The van der Waals surface area contributed by atoms with Gasteiger partial charge in [-0.2, -0.15) is 0 Å². The predicted molar refractivity (Wildman–Crippen MR) is 78.8 cm³/mol. The Balaban J connectivity index is 2.06. The maximum absolute atomic E-state index is 12.3. The first-order valence-corrected chi connectivity index (χ1v) is 7.59. The SMILES string of the molecule is Cc1ccc(N2C(=O)C[C@H](C(=O)[O-])[C@H]2c2cccs2)cc1. The Morgan fingerprint density at radius 2 is 2.00 bits per heavy atom. The summed E-state index contributed by atoms with van der Waals surface area (Å²) in [7, 11) is 0. The first kappa shape index (κ1) is 13.8. The lowest BCUT2D eigenvalue weighted by atomic mass is 9.99. The Morgan fingerprint density at radius 1 is 1.29 bits per heavy atom. The minimum atomic E-state index is -1.17. The fourth-order valence-corrected chi connectivity index (χ4v) is 3.62. The second kappa shape index (κ2) is 5.33. The van der Waals surface area contributed by atoms with Gasteiger partial charge in [-0.1, -0.05) is 23.8 Å². The molecule has 0 radical (unpaired) electrons. The molecule has 1 aromatic heterocycles. The molecule has 0 bridgehead atoms. The molecule has 108 valence electrons. The lowest BCUT2D eigenvalue weighted by Gasteiger charge is -2.28. The zero-order chi connectivity index (χ0) is 15.0. The quantitative estimate of drug-likeness (QED) is 0.870. The molecule has 0 aliphatic carbocycles. The largest absolute Gasteiger partial charge is 0.550 e. The van der Waals surface area contributed by atoms with Crippen LogP contribution >= 0.6 is 11.3 Å². The number of hydrogen-bond acceptors (Lipinski definition) is 4. The van der Waals surface area contributed by atoms with Crippen LogP contribution in [0.1, 0.15) is 22.9 Å². The normalized spacial score (nSPS) is 21.8. The van der Waals surface area contributed by atoms with Gasteiger partial charge in [0.05, 0.1) is 6.04 Å². The van der Waals surface area contributed by atoms with Crippen molar-refractivity contribution in [3.05, 3.63) is 52.2 Å². The minimum Gasteiger partial charge on any atom is -0.550 e. The lowest BCUT2D eigenvalue weighted by molar-refractivity contribution is -0.311. The van der Waals surface area contributed by atoms with Crippen LogP contribution in [0.4, 0.5) is 5.69 Å². The molecule has 21 heavy (non-hydrogen) atoms. The maximum atomic E-state index is 12.3. The number of thiophene rings is 1. The summed E-state index contributed by atoms with van der Waals surface area (Å²) in [5.41, 5.74) is 1.82. The molecular formula is C16H14NO3S-. The van der Waals surface area contributed by atoms with Gasteiger partial charge >= 0.3 is 0 Å². The molecule has 0 unspecified atom stereocenters. The Bertz CT molecular complexity index is 663. The van der Waals surface area contributed by atoms with E-state index in [0.717, 1.165) is 16.1 Å². The van der Waals surface area contributed by atoms with E-state index in [-0.39, 0.29) is 12.3 Å². The summed E-state index contributed by atoms with van der Waals surface area (Å²) in [6.07, 6.45) is -0.0151. The molecule has 0 saturated carbocycles. The van der Waals surface area contributed by atoms with Crippen molar-refractivity contribution in [2.24, 2.45) is 5.92 Å². The molecule has 4 nitrogen and oxygen atoms in total. The highest BCUT2D eigenvalue weighted by atomic mass is 32.1. The highest BCUT2D eigenvalue weighted by molar-refractivity contribution is 7.10. The van der Waals surface area contributed by atoms with Crippen LogP contribution in [0.25, 0.3) is 0 Å². The molecule has 1 fully saturated rings. The molecule has 1 amide bonds. The Morgan fingerprint density at radius 3 is 2.57 bits per heavy atom. The van der Waals surface area contributed by atoms with Crippen LogP contribution in [-0.2, 0) is 9.59 Å². The van der Waals surface area contributed by atoms with Crippen LogP contribution < -0.4 is 10.0 Å². The van der Waals surface area contributed by atoms with Gasteiger partial charge in [0.25, 0.3) is 0 Å². The van der Waals surface area contributed by atoms with Crippen molar-refractivity contribution in [2.75, 3.05) is 4.90 Å². The van der Waals surface area contributed by atoms with Gasteiger partial charge in [0, 0.05) is 28.9 Å². The summed E-state index contributed by atoms with van der Waals surface area (Å²) in [5.74, 6) is -2.15. The molecule has 1 saturated heterocycles. The van der Waals surface area contributed by atoms with Crippen molar-refractivity contribution in [1.29, 1.82) is 0 Å². The number of aliphatic carboxylic acids is 1. The number of aryl methyl sites for hydroxylation is 1. The van der Waals surface area contributed by atoms with E-state index >= 15 is 0 Å². The van der Waals surface area contributed by atoms with Gasteiger partial charge < -0.3 is 14.8 Å². The Labute approximate surface area is 126 Å². The van der Waals surface area contributed by atoms with Crippen LogP contribution in [0, 0.1) is 12.8 Å². The van der Waals surface area contributed by atoms with Crippen molar-refractivity contribution in [1.82, 2.24) is 0 Å². The Kier molecular flexibility index (Phi) is 3.51. The molecule has 1 aliphatic heterocycles. The van der Waals surface area contributed by atoms with E-state index in [0.29, 0.717) is 0 Å². The average molecular weight is 300 g/mol. The van der Waals surface area contributed by atoms with E-state index in [1.807, 2.05) is 48.7 Å². The molecule has 0 spiro atoms. The predicted octanol–water partition coefficient (Wildman–Crippen LogP) is 1.90. The number of carbonyl (C=O) groups is 2. The second-order valence-electron chi connectivity index (χ2n) is 5.19. The summed E-state index contributed by atoms with van der Waals surface area (Å²) in [4.78, 5) is 26.2. The van der Waals surface area contributed by atoms with E-state index in [1.165, 1.54) is 11.3 Å². The van der Waals surface area contributed by atoms with Crippen molar-refractivity contribution >= 4 is 28.9 Å². The van der Waals surface area contributed by atoms with Gasteiger partial charge in [-0.25, -0.2) is 0 Å². The van der Waals surface area contributed by atoms with Gasteiger partial charge in [0.2, 0.25) is 5.91 Å². The highest BCUT2D eigenvalue weighted by Gasteiger charge is 2.42. The Hall–Kier alpha value is -2.14. The number of rotatable bonds is 3. The van der Waals surface area contributed by atoms with Crippen LogP contribution in [0.5, 0.6) is 0 Å². The number of anilines is 1. The van der Waals surface area contributed by atoms with Crippen molar-refractivity contribution in [2.45, 2.75) is 19.4 Å². The molecule has 3 rings (SSSR count). The molecule has 2 atom stereocenters. The number of nitrogens with zero attached hydrogens (tertiary/aromatic N) is 1. The first-order valence-electron chi connectivity index (χ1n) is 6.71. The smallest absolute Gasteiger partial charge is 0.228 e. The van der Waals surface area contributed by atoms with E-state index in [1.54, 1.807) is 4.90 Å². The number of benzene rings is 1. The molecule has 5 heteroatoms. The van der Waals surface area contributed by atoms with E-state index in [2.05, 4.69) is 0 Å². The summed E-state index contributed by atoms with van der Waals surface area (Å²) in [6, 6.07) is 10.8. The van der Waals surface area contributed by atoms with Crippen LogP contribution in [0.15, 0.2) is 41.8 Å². The van der Waals surface area contributed by atoms with Crippen LogP contribution in [0.2, 0.25) is 0 Å². The molecule has 1 aromatic carbocycles. The zero-order valence-corrected chi connectivity index (χ0v) is 12.3. The molecule has 1 aliphatic rings. The monoisotopic (exact) mass is 300 g/mol. The average Bonchev–Trinajstić information content (AvgIpc) is 3.07. The molecule has 2 aromatic rings. The van der Waals surface area contributed by atoms with Crippen molar-refractivity contribution < 1.29 is 14.7 Å². The van der Waals surface area contributed by atoms with Gasteiger partial charge in [-0.15, -0.1) is 11.3 Å². The maximum Gasteiger partial charge on any atom is 0.228 e. The van der Waals surface area contributed by atoms with Gasteiger partial charge in [-0.3, -0.25) is 4.79 Å².